The summed E-state index contributed by atoms with van der Waals surface area (Å²) in [5.41, 5.74) is 0. The van der Waals surface area contributed by atoms with Gasteiger partial charge >= 0.3 is 0 Å². The summed E-state index contributed by atoms with van der Waals surface area (Å²) in [6, 6.07) is 0.265. The van der Waals surface area contributed by atoms with E-state index in [-0.39, 0.29) is 11.9 Å². The van der Waals surface area contributed by atoms with Crippen LogP contribution in [0.25, 0.3) is 0 Å². The molecule has 6 heteroatoms. The highest BCUT2D eigenvalue weighted by Crippen LogP contribution is 2.27. The van der Waals surface area contributed by atoms with Gasteiger partial charge in [0.05, 0.1) is 0 Å². The summed E-state index contributed by atoms with van der Waals surface area (Å²) in [6.45, 7) is 0. The zero-order valence-corrected chi connectivity index (χ0v) is 10.1. The van der Waals surface area contributed by atoms with Crippen LogP contribution in [-0.2, 0) is 0 Å². The summed E-state index contributed by atoms with van der Waals surface area (Å²) in [4.78, 5) is 15.6. The van der Waals surface area contributed by atoms with E-state index in [1.165, 1.54) is 25.6 Å². The van der Waals surface area contributed by atoms with Gasteiger partial charge in [0.15, 0.2) is 0 Å². The maximum atomic E-state index is 11.8. The van der Waals surface area contributed by atoms with Crippen LogP contribution in [0.2, 0.25) is 0 Å². The van der Waals surface area contributed by atoms with Gasteiger partial charge in [0.25, 0.3) is 5.91 Å². The Morgan fingerprint density at radius 2 is 2.38 bits per heavy atom. The van der Waals surface area contributed by atoms with Crippen molar-refractivity contribution in [1.82, 2.24) is 20.5 Å². The second-order valence-electron chi connectivity index (χ2n) is 3.97. The number of hydrogen-bond acceptors (Lipinski definition) is 4. The molecule has 1 fully saturated rings. The van der Waals surface area contributed by atoms with Gasteiger partial charge in [-0.3, -0.25) is 9.89 Å². The summed E-state index contributed by atoms with van der Waals surface area (Å²) >= 11 is 1.83. The first-order chi connectivity index (χ1) is 7.81. The van der Waals surface area contributed by atoms with Crippen LogP contribution in [0.1, 0.15) is 36.3 Å². The second-order valence-corrected chi connectivity index (χ2v) is 5.05. The topological polar surface area (TPSA) is 70.7 Å². The standard InChI is InChI=1S/C10H16N4OS/c1-16-8-5-3-2-4-7(8)13-10(15)9-11-6-12-14-9/h6-8H,2-5H2,1H3,(H,13,15)(H,11,12,14). The first-order valence-electron chi connectivity index (χ1n) is 5.50. The predicted octanol–water partition coefficient (Wildman–Crippen LogP) is 1.21. The monoisotopic (exact) mass is 240 g/mol. The number of carbonyl (C=O) groups excluding carboxylic acids is 1. The number of nitrogens with zero attached hydrogens (tertiary/aromatic N) is 2. The lowest BCUT2D eigenvalue weighted by Crippen LogP contribution is -2.44. The van der Waals surface area contributed by atoms with E-state index in [2.05, 4.69) is 26.8 Å². The summed E-state index contributed by atoms with van der Waals surface area (Å²) in [5.74, 6) is 0.147. The van der Waals surface area contributed by atoms with Crippen LogP contribution < -0.4 is 5.32 Å². The van der Waals surface area contributed by atoms with Gasteiger partial charge in [-0.05, 0) is 19.1 Å². The molecule has 5 nitrogen and oxygen atoms in total. The van der Waals surface area contributed by atoms with E-state index < -0.39 is 0 Å². The Balaban J connectivity index is 1.95. The number of amides is 1. The molecule has 2 rings (SSSR count). The van der Waals surface area contributed by atoms with E-state index in [0.717, 1.165) is 6.42 Å². The van der Waals surface area contributed by atoms with Gasteiger partial charge < -0.3 is 5.32 Å². The number of rotatable bonds is 3. The van der Waals surface area contributed by atoms with Crippen molar-refractivity contribution >= 4 is 17.7 Å². The largest absolute Gasteiger partial charge is 0.345 e. The number of aromatic amines is 1. The third-order valence-corrected chi connectivity index (χ3v) is 4.12. The molecule has 0 aliphatic heterocycles. The molecule has 1 amide bonds. The number of carbonyl (C=O) groups is 1. The molecular weight excluding hydrogens is 224 g/mol. The van der Waals surface area contributed by atoms with Crippen LogP contribution in [0.4, 0.5) is 0 Å². The molecule has 1 aliphatic carbocycles. The minimum atomic E-state index is -0.150. The van der Waals surface area contributed by atoms with E-state index in [9.17, 15) is 4.79 Å². The first kappa shape index (κ1) is 11.4. The van der Waals surface area contributed by atoms with Crippen LogP contribution in [-0.4, -0.2) is 38.6 Å². The lowest BCUT2D eigenvalue weighted by atomic mass is 9.95. The Morgan fingerprint density at radius 1 is 1.56 bits per heavy atom. The van der Waals surface area contributed by atoms with Crippen molar-refractivity contribution in [2.24, 2.45) is 0 Å². The fourth-order valence-corrected chi connectivity index (χ4v) is 3.03. The molecule has 2 N–H and O–H groups in total. The fraction of sp³-hybridized carbons (Fsp3) is 0.700. The molecule has 88 valence electrons. The molecule has 1 aliphatic rings. The van der Waals surface area contributed by atoms with Gasteiger partial charge in [-0.2, -0.15) is 16.9 Å². The van der Waals surface area contributed by atoms with Gasteiger partial charge in [-0.15, -0.1) is 0 Å². The molecular formula is C10H16N4OS. The van der Waals surface area contributed by atoms with Gasteiger partial charge in [0.1, 0.15) is 6.33 Å². The minimum Gasteiger partial charge on any atom is -0.345 e. The van der Waals surface area contributed by atoms with Crippen LogP contribution in [0, 0.1) is 0 Å². The Hall–Kier alpha value is -1.04. The molecule has 2 atom stereocenters. The van der Waals surface area contributed by atoms with Crippen LogP contribution in [0.5, 0.6) is 0 Å². The zero-order valence-electron chi connectivity index (χ0n) is 9.27. The Labute approximate surface area is 98.8 Å². The Kier molecular flexibility index (Phi) is 3.82. The highest BCUT2D eigenvalue weighted by Gasteiger charge is 2.26. The number of hydrogen-bond donors (Lipinski definition) is 2. The lowest BCUT2D eigenvalue weighted by Gasteiger charge is -2.30. The summed E-state index contributed by atoms with van der Waals surface area (Å²) in [7, 11) is 0. The maximum absolute atomic E-state index is 11.8. The van der Waals surface area contributed by atoms with Crippen molar-refractivity contribution in [1.29, 1.82) is 0 Å². The Bertz CT molecular complexity index is 341. The third kappa shape index (κ3) is 2.55. The first-order valence-corrected chi connectivity index (χ1v) is 6.79. The average molecular weight is 240 g/mol. The lowest BCUT2D eigenvalue weighted by molar-refractivity contribution is 0.0919. The predicted molar refractivity (Wildman–Crippen MR) is 63.4 cm³/mol. The molecule has 0 radical (unpaired) electrons. The van der Waals surface area contributed by atoms with Crippen LogP contribution in [0.3, 0.4) is 0 Å². The molecule has 1 heterocycles. The van der Waals surface area contributed by atoms with E-state index in [1.54, 1.807) is 0 Å². The minimum absolute atomic E-state index is 0.150. The maximum Gasteiger partial charge on any atom is 0.288 e. The molecule has 1 saturated carbocycles. The summed E-state index contributed by atoms with van der Waals surface area (Å²) < 4.78 is 0. The fourth-order valence-electron chi connectivity index (χ4n) is 2.10. The molecule has 1 aromatic rings. The highest BCUT2D eigenvalue weighted by atomic mass is 32.2. The average Bonchev–Trinajstić information content (AvgIpc) is 2.83. The van der Waals surface area contributed by atoms with Crippen molar-refractivity contribution in [2.45, 2.75) is 37.0 Å². The van der Waals surface area contributed by atoms with Gasteiger partial charge in [0.2, 0.25) is 5.82 Å². The van der Waals surface area contributed by atoms with Crippen molar-refractivity contribution in [3.63, 3.8) is 0 Å². The molecule has 2 unspecified atom stereocenters. The molecule has 16 heavy (non-hydrogen) atoms. The van der Waals surface area contributed by atoms with Gasteiger partial charge in [-0.25, -0.2) is 4.98 Å². The van der Waals surface area contributed by atoms with Crippen LogP contribution >= 0.6 is 11.8 Å². The van der Waals surface area contributed by atoms with Crippen molar-refractivity contribution in [3.8, 4) is 0 Å². The van der Waals surface area contributed by atoms with E-state index in [1.807, 2.05) is 11.8 Å². The summed E-state index contributed by atoms with van der Waals surface area (Å²) in [5, 5.41) is 9.81. The van der Waals surface area contributed by atoms with E-state index in [0.29, 0.717) is 11.1 Å². The smallest absolute Gasteiger partial charge is 0.288 e. The number of thioether (sulfide) groups is 1. The van der Waals surface area contributed by atoms with Crippen LogP contribution in [0.15, 0.2) is 6.33 Å². The quantitative estimate of drug-likeness (QED) is 0.833. The van der Waals surface area contributed by atoms with E-state index in [4.69, 9.17) is 0 Å². The molecule has 0 bridgehead atoms. The molecule has 0 aromatic carbocycles. The van der Waals surface area contributed by atoms with Gasteiger partial charge in [0, 0.05) is 11.3 Å². The van der Waals surface area contributed by atoms with E-state index >= 15 is 0 Å². The van der Waals surface area contributed by atoms with Crippen molar-refractivity contribution in [2.75, 3.05) is 6.26 Å². The summed E-state index contributed by atoms with van der Waals surface area (Å²) in [6.07, 6.45) is 8.15. The Morgan fingerprint density at radius 3 is 3.06 bits per heavy atom. The number of aromatic nitrogens is 3. The van der Waals surface area contributed by atoms with Crippen molar-refractivity contribution < 1.29 is 4.79 Å². The normalized spacial score (nSPS) is 25.3. The number of H-pyrrole nitrogens is 1. The van der Waals surface area contributed by atoms with Gasteiger partial charge in [-0.1, -0.05) is 12.8 Å². The third-order valence-electron chi connectivity index (χ3n) is 2.95. The molecule has 0 spiro atoms. The number of nitrogens with one attached hydrogen (secondary N) is 2. The van der Waals surface area contributed by atoms with Crippen molar-refractivity contribution in [3.05, 3.63) is 12.2 Å². The second kappa shape index (κ2) is 5.34. The highest BCUT2D eigenvalue weighted by molar-refractivity contribution is 7.99. The zero-order chi connectivity index (χ0) is 11.4. The molecule has 0 saturated heterocycles. The molecule has 1 aromatic heterocycles. The SMILES string of the molecule is CSC1CCCCC1NC(=O)c1ncn[nH]1.